The van der Waals surface area contributed by atoms with Crippen molar-refractivity contribution >= 4 is 0 Å². The van der Waals surface area contributed by atoms with Gasteiger partial charge in [0, 0.05) is 6.04 Å². The molecule has 0 amide bonds. The maximum Gasteiger partial charge on any atom is 0.0133 e. The highest BCUT2D eigenvalue weighted by Crippen LogP contribution is 2.44. The van der Waals surface area contributed by atoms with Crippen LogP contribution in [0.1, 0.15) is 52.4 Å². The first-order valence-electron chi connectivity index (χ1n) is 5.51. The minimum atomic E-state index is 0.345. The molecule has 2 N–H and O–H groups in total. The fraction of sp³-hybridized carbons (Fsp3) is 0.833. The van der Waals surface area contributed by atoms with Gasteiger partial charge in [0.15, 0.2) is 0 Å². The van der Waals surface area contributed by atoms with Crippen molar-refractivity contribution in [2.24, 2.45) is 11.1 Å². The van der Waals surface area contributed by atoms with Crippen molar-refractivity contribution in [1.82, 2.24) is 0 Å². The topological polar surface area (TPSA) is 26.0 Å². The summed E-state index contributed by atoms with van der Waals surface area (Å²) in [5, 5.41) is 0. The van der Waals surface area contributed by atoms with Crippen LogP contribution in [0.4, 0.5) is 0 Å². The van der Waals surface area contributed by atoms with E-state index in [9.17, 15) is 0 Å². The molecule has 76 valence electrons. The third-order valence-electron chi connectivity index (χ3n) is 3.66. The molecule has 1 saturated carbocycles. The Morgan fingerprint density at radius 2 is 2.00 bits per heavy atom. The van der Waals surface area contributed by atoms with Crippen molar-refractivity contribution in [3.05, 3.63) is 12.2 Å². The van der Waals surface area contributed by atoms with E-state index in [2.05, 4.69) is 20.4 Å². The predicted molar refractivity (Wildman–Crippen MR) is 58.6 cm³/mol. The van der Waals surface area contributed by atoms with Crippen LogP contribution in [0.5, 0.6) is 0 Å². The summed E-state index contributed by atoms with van der Waals surface area (Å²) in [6.45, 7) is 8.31. The Labute approximate surface area is 82.4 Å². The van der Waals surface area contributed by atoms with Crippen molar-refractivity contribution in [3.8, 4) is 0 Å². The first-order chi connectivity index (χ1) is 6.10. The molecule has 13 heavy (non-hydrogen) atoms. The van der Waals surface area contributed by atoms with Gasteiger partial charge >= 0.3 is 0 Å². The third kappa shape index (κ3) is 2.34. The van der Waals surface area contributed by atoms with Gasteiger partial charge in [-0.1, -0.05) is 25.3 Å². The van der Waals surface area contributed by atoms with E-state index in [1.54, 1.807) is 0 Å². The lowest BCUT2D eigenvalue weighted by Gasteiger charge is -2.34. The van der Waals surface area contributed by atoms with Crippen LogP contribution in [0, 0.1) is 5.41 Å². The maximum absolute atomic E-state index is 6.26. The van der Waals surface area contributed by atoms with E-state index >= 15 is 0 Å². The molecule has 1 fully saturated rings. The Kier molecular flexibility index (Phi) is 3.55. The average Bonchev–Trinajstić information content (AvgIpc) is 2.51. The van der Waals surface area contributed by atoms with Gasteiger partial charge < -0.3 is 5.73 Å². The minimum Gasteiger partial charge on any atom is -0.327 e. The molecule has 0 bridgehead atoms. The SMILES string of the molecule is C=C(C)CC(N)C1(CC)CCCC1. The lowest BCUT2D eigenvalue weighted by atomic mass is 9.74. The highest BCUT2D eigenvalue weighted by molar-refractivity contribution is 5.00. The molecule has 1 aliphatic carbocycles. The summed E-state index contributed by atoms with van der Waals surface area (Å²) in [4.78, 5) is 0. The zero-order valence-corrected chi connectivity index (χ0v) is 9.10. The number of hydrogen-bond donors (Lipinski definition) is 1. The molecule has 0 aromatic carbocycles. The summed E-state index contributed by atoms with van der Waals surface area (Å²) in [6, 6.07) is 0.345. The summed E-state index contributed by atoms with van der Waals surface area (Å²) in [5.74, 6) is 0. The maximum atomic E-state index is 6.26. The van der Waals surface area contributed by atoms with Crippen molar-refractivity contribution < 1.29 is 0 Å². The molecule has 1 nitrogen and oxygen atoms in total. The van der Waals surface area contributed by atoms with Crippen molar-refractivity contribution in [2.45, 2.75) is 58.4 Å². The Balaban J connectivity index is 2.59. The second kappa shape index (κ2) is 4.28. The lowest BCUT2D eigenvalue weighted by Crippen LogP contribution is -2.39. The fourth-order valence-corrected chi connectivity index (χ4v) is 2.66. The molecule has 0 saturated heterocycles. The van der Waals surface area contributed by atoms with Crippen LogP contribution in [0.3, 0.4) is 0 Å². The molecule has 1 atom stereocenters. The second-order valence-electron chi connectivity index (χ2n) is 4.69. The lowest BCUT2D eigenvalue weighted by molar-refractivity contribution is 0.219. The molecule has 1 aliphatic rings. The number of nitrogens with two attached hydrogens (primary N) is 1. The van der Waals surface area contributed by atoms with Gasteiger partial charge in [-0.05, 0) is 38.0 Å². The van der Waals surface area contributed by atoms with Crippen LogP contribution in [0.2, 0.25) is 0 Å². The fourth-order valence-electron chi connectivity index (χ4n) is 2.66. The molecular formula is C12H23N. The Morgan fingerprint density at radius 1 is 1.46 bits per heavy atom. The second-order valence-corrected chi connectivity index (χ2v) is 4.69. The standard InChI is InChI=1S/C12H23N/c1-4-12(7-5-6-8-12)11(13)9-10(2)3/h11H,2,4-9,13H2,1,3H3. The molecule has 1 rings (SSSR count). The normalized spacial score (nSPS) is 23.0. The number of hydrogen-bond acceptors (Lipinski definition) is 1. The molecular weight excluding hydrogens is 158 g/mol. The zero-order valence-electron chi connectivity index (χ0n) is 9.10. The molecule has 0 spiro atoms. The largest absolute Gasteiger partial charge is 0.327 e. The molecule has 0 radical (unpaired) electrons. The van der Waals surface area contributed by atoms with E-state index < -0.39 is 0 Å². The summed E-state index contributed by atoms with van der Waals surface area (Å²) >= 11 is 0. The monoisotopic (exact) mass is 181 g/mol. The van der Waals surface area contributed by atoms with Gasteiger partial charge in [-0.15, -0.1) is 6.58 Å². The predicted octanol–water partition coefficient (Wildman–Crippen LogP) is 3.25. The Hall–Kier alpha value is -0.300. The first-order valence-corrected chi connectivity index (χ1v) is 5.51. The third-order valence-corrected chi connectivity index (χ3v) is 3.66. The van der Waals surface area contributed by atoms with Crippen LogP contribution in [-0.2, 0) is 0 Å². The van der Waals surface area contributed by atoms with E-state index in [-0.39, 0.29) is 0 Å². The zero-order chi connectivity index (χ0) is 9.90. The molecule has 0 heterocycles. The first kappa shape index (κ1) is 10.8. The minimum absolute atomic E-state index is 0.345. The summed E-state index contributed by atoms with van der Waals surface area (Å²) in [5.41, 5.74) is 7.94. The van der Waals surface area contributed by atoms with Gasteiger partial charge in [0.2, 0.25) is 0 Å². The van der Waals surface area contributed by atoms with Crippen molar-refractivity contribution in [3.63, 3.8) is 0 Å². The van der Waals surface area contributed by atoms with Crippen LogP contribution in [-0.4, -0.2) is 6.04 Å². The molecule has 1 unspecified atom stereocenters. The van der Waals surface area contributed by atoms with Gasteiger partial charge in [0.25, 0.3) is 0 Å². The Morgan fingerprint density at radius 3 is 2.38 bits per heavy atom. The van der Waals surface area contributed by atoms with E-state index in [0.717, 1.165) is 6.42 Å². The van der Waals surface area contributed by atoms with Gasteiger partial charge in [0.05, 0.1) is 0 Å². The van der Waals surface area contributed by atoms with Crippen LogP contribution in [0.25, 0.3) is 0 Å². The summed E-state index contributed by atoms with van der Waals surface area (Å²) in [6.07, 6.45) is 7.65. The average molecular weight is 181 g/mol. The molecule has 0 aromatic heterocycles. The van der Waals surface area contributed by atoms with E-state index in [0.29, 0.717) is 11.5 Å². The highest BCUT2D eigenvalue weighted by Gasteiger charge is 2.37. The molecule has 0 aromatic rings. The van der Waals surface area contributed by atoms with Gasteiger partial charge in [-0.3, -0.25) is 0 Å². The van der Waals surface area contributed by atoms with Gasteiger partial charge in [0.1, 0.15) is 0 Å². The molecule has 0 aliphatic heterocycles. The van der Waals surface area contributed by atoms with Crippen molar-refractivity contribution in [1.29, 1.82) is 0 Å². The van der Waals surface area contributed by atoms with Crippen LogP contribution < -0.4 is 5.73 Å². The van der Waals surface area contributed by atoms with E-state index in [1.165, 1.54) is 37.7 Å². The Bertz CT molecular complexity index is 178. The smallest absolute Gasteiger partial charge is 0.0133 e. The van der Waals surface area contributed by atoms with Crippen LogP contribution >= 0.6 is 0 Å². The summed E-state index contributed by atoms with van der Waals surface area (Å²) in [7, 11) is 0. The van der Waals surface area contributed by atoms with Crippen molar-refractivity contribution in [2.75, 3.05) is 0 Å². The van der Waals surface area contributed by atoms with Gasteiger partial charge in [-0.25, -0.2) is 0 Å². The van der Waals surface area contributed by atoms with Gasteiger partial charge in [-0.2, -0.15) is 0 Å². The quantitative estimate of drug-likeness (QED) is 0.662. The van der Waals surface area contributed by atoms with E-state index in [4.69, 9.17) is 5.73 Å². The van der Waals surface area contributed by atoms with E-state index in [1.807, 2.05) is 0 Å². The summed E-state index contributed by atoms with van der Waals surface area (Å²) < 4.78 is 0. The highest BCUT2D eigenvalue weighted by atomic mass is 14.7. The molecule has 1 heteroatoms. The number of rotatable bonds is 4. The van der Waals surface area contributed by atoms with Crippen LogP contribution in [0.15, 0.2) is 12.2 Å².